The molecule has 0 aliphatic carbocycles. The van der Waals surface area contributed by atoms with E-state index in [-0.39, 0.29) is 17.7 Å². The van der Waals surface area contributed by atoms with E-state index in [1.165, 1.54) is 6.07 Å². The van der Waals surface area contributed by atoms with Gasteiger partial charge in [-0.2, -0.15) is 0 Å². The highest BCUT2D eigenvalue weighted by Crippen LogP contribution is 2.28. The number of anilines is 1. The van der Waals surface area contributed by atoms with Gasteiger partial charge in [-0.3, -0.25) is 9.79 Å². The first-order valence-corrected chi connectivity index (χ1v) is 10.3. The molecule has 6 heteroatoms. The van der Waals surface area contributed by atoms with Crippen LogP contribution in [0.1, 0.15) is 37.8 Å². The third kappa shape index (κ3) is 4.99. The van der Waals surface area contributed by atoms with Gasteiger partial charge in [0.1, 0.15) is 11.6 Å². The molecule has 2 aromatic rings. The van der Waals surface area contributed by atoms with E-state index in [1.54, 1.807) is 13.2 Å². The molecule has 0 aromatic heterocycles. The lowest BCUT2D eigenvalue weighted by Gasteiger charge is -2.32. The number of rotatable bonds is 6. The number of methoxy groups -OCH3 is 1. The van der Waals surface area contributed by atoms with Gasteiger partial charge < -0.3 is 14.4 Å². The average Bonchev–Trinajstić information content (AvgIpc) is 2.76. The SMILES string of the molecule is CCOC(=O)C1CCN(c2ccc(F)c(C(C)=Nc3cc(OC)ccc3C)c2)CC1. The molecule has 1 saturated heterocycles. The molecule has 0 spiro atoms. The van der Waals surface area contributed by atoms with Gasteiger partial charge in [0.05, 0.1) is 25.3 Å². The molecule has 30 heavy (non-hydrogen) atoms. The Kier molecular flexibility index (Phi) is 7.08. The number of aliphatic imine (C=N–C) groups is 1. The van der Waals surface area contributed by atoms with Crippen LogP contribution in [-0.4, -0.2) is 38.5 Å². The third-order valence-corrected chi connectivity index (χ3v) is 5.52. The average molecular weight is 413 g/mol. The third-order valence-electron chi connectivity index (χ3n) is 5.52. The minimum absolute atomic E-state index is 0.0551. The van der Waals surface area contributed by atoms with Crippen LogP contribution in [0.4, 0.5) is 15.8 Å². The van der Waals surface area contributed by atoms with Gasteiger partial charge in [0, 0.05) is 36.1 Å². The second-order valence-electron chi connectivity index (χ2n) is 7.53. The van der Waals surface area contributed by atoms with E-state index >= 15 is 0 Å². The maximum atomic E-state index is 14.6. The summed E-state index contributed by atoms with van der Waals surface area (Å²) in [6.45, 7) is 7.48. The maximum Gasteiger partial charge on any atom is 0.309 e. The summed E-state index contributed by atoms with van der Waals surface area (Å²) in [5.41, 5.74) is 3.76. The number of aryl methyl sites for hydroxylation is 1. The van der Waals surface area contributed by atoms with Gasteiger partial charge in [-0.15, -0.1) is 0 Å². The Morgan fingerprint density at radius 1 is 1.20 bits per heavy atom. The van der Waals surface area contributed by atoms with Gasteiger partial charge in [-0.1, -0.05) is 6.07 Å². The highest BCUT2D eigenvalue weighted by molar-refractivity contribution is 6.01. The van der Waals surface area contributed by atoms with Crippen LogP contribution < -0.4 is 9.64 Å². The van der Waals surface area contributed by atoms with Crippen LogP contribution in [0.25, 0.3) is 0 Å². The Morgan fingerprint density at radius 2 is 1.93 bits per heavy atom. The van der Waals surface area contributed by atoms with Crippen molar-refractivity contribution in [1.82, 2.24) is 0 Å². The number of halogens is 1. The van der Waals surface area contributed by atoms with E-state index in [0.29, 0.717) is 23.6 Å². The number of hydrogen-bond donors (Lipinski definition) is 0. The summed E-state index contributed by atoms with van der Waals surface area (Å²) in [5, 5.41) is 0. The van der Waals surface area contributed by atoms with Crippen LogP contribution in [0, 0.1) is 18.7 Å². The Hall–Kier alpha value is -2.89. The van der Waals surface area contributed by atoms with Crippen molar-refractivity contribution in [3.8, 4) is 5.75 Å². The number of esters is 1. The van der Waals surface area contributed by atoms with Crippen molar-refractivity contribution in [2.45, 2.75) is 33.6 Å². The fraction of sp³-hybridized carbons (Fsp3) is 0.417. The number of nitrogens with zero attached hydrogens (tertiary/aromatic N) is 2. The zero-order valence-electron chi connectivity index (χ0n) is 18.1. The lowest BCUT2D eigenvalue weighted by molar-refractivity contribution is -0.148. The molecule has 0 unspecified atom stereocenters. The predicted octanol–water partition coefficient (Wildman–Crippen LogP) is 5.06. The zero-order chi connectivity index (χ0) is 21.7. The Morgan fingerprint density at radius 3 is 2.60 bits per heavy atom. The summed E-state index contributed by atoms with van der Waals surface area (Å²) in [5.74, 6) is 0.238. The second kappa shape index (κ2) is 9.74. The quantitative estimate of drug-likeness (QED) is 0.491. The van der Waals surface area contributed by atoms with E-state index in [4.69, 9.17) is 9.47 Å². The first-order chi connectivity index (χ1) is 14.4. The normalized spacial score (nSPS) is 15.2. The van der Waals surface area contributed by atoms with Crippen LogP contribution in [-0.2, 0) is 9.53 Å². The Balaban J connectivity index is 1.80. The molecule has 2 aromatic carbocycles. The molecular weight excluding hydrogens is 383 g/mol. The van der Waals surface area contributed by atoms with E-state index in [0.717, 1.165) is 42.9 Å². The van der Waals surface area contributed by atoms with Crippen LogP contribution in [0.2, 0.25) is 0 Å². The lowest BCUT2D eigenvalue weighted by atomic mass is 9.96. The van der Waals surface area contributed by atoms with Crippen LogP contribution >= 0.6 is 0 Å². The fourth-order valence-electron chi connectivity index (χ4n) is 3.70. The molecule has 0 atom stereocenters. The fourth-order valence-corrected chi connectivity index (χ4v) is 3.70. The number of hydrogen-bond acceptors (Lipinski definition) is 5. The summed E-state index contributed by atoms with van der Waals surface area (Å²) < 4.78 is 25.0. The van der Waals surface area contributed by atoms with Gasteiger partial charge in [0.25, 0.3) is 0 Å². The maximum absolute atomic E-state index is 14.6. The summed E-state index contributed by atoms with van der Waals surface area (Å²) in [4.78, 5) is 18.8. The first kappa shape index (κ1) is 21.8. The van der Waals surface area contributed by atoms with E-state index in [2.05, 4.69) is 9.89 Å². The summed E-state index contributed by atoms with van der Waals surface area (Å²) in [7, 11) is 1.61. The number of piperidine rings is 1. The summed E-state index contributed by atoms with van der Waals surface area (Å²) in [6.07, 6.45) is 1.48. The monoisotopic (exact) mass is 412 g/mol. The highest BCUT2D eigenvalue weighted by Gasteiger charge is 2.26. The molecule has 3 rings (SSSR count). The molecule has 1 aliphatic rings. The topological polar surface area (TPSA) is 51.1 Å². The number of carbonyl (C=O) groups is 1. The van der Waals surface area contributed by atoms with Gasteiger partial charge in [0.15, 0.2) is 0 Å². The van der Waals surface area contributed by atoms with Crippen molar-refractivity contribution < 1.29 is 18.7 Å². The van der Waals surface area contributed by atoms with Gasteiger partial charge in [0.2, 0.25) is 0 Å². The van der Waals surface area contributed by atoms with Crippen molar-refractivity contribution in [3.63, 3.8) is 0 Å². The summed E-state index contributed by atoms with van der Waals surface area (Å²) in [6, 6.07) is 10.8. The number of carbonyl (C=O) groups excluding carboxylic acids is 1. The molecule has 1 heterocycles. The molecule has 0 saturated carbocycles. The smallest absolute Gasteiger partial charge is 0.309 e. The Bertz CT molecular complexity index is 934. The van der Waals surface area contributed by atoms with Crippen LogP contribution in [0.5, 0.6) is 5.75 Å². The lowest BCUT2D eigenvalue weighted by Crippen LogP contribution is -2.37. The Labute approximate surface area is 177 Å². The standard InChI is InChI=1S/C24H29FN2O3/c1-5-30-24(28)18-10-12-27(13-11-18)19-7-9-22(25)21(14-19)17(3)26-23-15-20(29-4)8-6-16(23)2/h6-9,14-15,18H,5,10-13H2,1-4H3. The highest BCUT2D eigenvalue weighted by atomic mass is 19.1. The minimum Gasteiger partial charge on any atom is -0.497 e. The minimum atomic E-state index is -0.304. The number of benzene rings is 2. The van der Waals surface area contributed by atoms with Crippen LogP contribution in [0.3, 0.4) is 0 Å². The van der Waals surface area contributed by atoms with Gasteiger partial charge >= 0.3 is 5.97 Å². The van der Waals surface area contributed by atoms with Crippen LogP contribution in [0.15, 0.2) is 41.4 Å². The molecule has 0 radical (unpaired) electrons. The molecule has 0 N–H and O–H groups in total. The first-order valence-electron chi connectivity index (χ1n) is 10.3. The molecular formula is C24H29FN2O3. The molecule has 5 nitrogen and oxygen atoms in total. The van der Waals surface area contributed by atoms with E-state index in [9.17, 15) is 9.18 Å². The van der Waals surface area contributed by atoms with Crippen molar-refractivity contribution in [1.29, 1.82) is 0 Å². The largest absolute Gasteiger partial charge is 0.497 e. The number of ether oxygens (including phenoxy) is 2. The van der Waals surface area contributed by atoms with Crippen molar-refractivity contribution in [2.75, 3.05) is 31.7 Å². The van der Waals surface area contributed by atoms with Gasteiger partial charge in [-0.05, 0) is 63.4 Å². The van der Waals surface area contributed by atoms with Crippen molar-refractivity contribution >= 4 is 23.1 Å². The van der Waals surface area contributed by atoms with E-state index in [1.807, 2.05) is 45.0 Å². The molecule has 160 valence electrons. The van der Waals surface area contributed by atoms with Crippen molar-refractivity contribution in [3.05, 3.63) is 53.3 Å². The molecule has 1 aliphatic heterocycles. The zero-order valence-corrected chi connectivity index (χ0v) is 18.1. The second-order valence-corrected chi connectivity index (χ2v) is 7.53. The van der Waals surface area contributed by atoms with Gasteiger partial charge in [-0.25, -0.2) is 4.39 Å². The molecule has 0 bridgehead atoms. The van der Waals surface area contributed by atoms with E-state index < -0.39 is 0 Å². The predicted molar refractivity (Wildman–Crippen MR) is 118 cm³/mol. The van der Waals surface area contributed by atoms with Crippen molar-refractivity contribution in [2.24, 2.45) is 10.9 Å². The summed E-state index contributed by atoms with van der Waals surface area (Å²) >= 11 is 0. The molecule has 1 fully saturated rings. The molecule has 0 amide bonds.